The van der Waals surface area contributed by atoms with Gasteiger partial charge in [-0.25, -0.2) is 9.98 Å². The smallest absolute Gasteiger partial charge is 0.239 e. The van der Waals surface area contributed by atoms with Crippen molar-refractivity contribution >= 4 is 35.8 Å². The van der Waals surface area contributed by atoms with Gasteiger partial charge in [0.05, 0.1) is 19.7 Å². The lowest BCUT2D eigenvalue weighted by atomic mass is 10.1. The number of rotatable bonds is 8. The molecule has 0 saturated heterocycles. The van der Waals surface area contributed by atoms with Gasteiger partial charge in [-0.1, -0.05) is 0 Å². The van der Waals surface area contributed by atoms with Crippen LogP contribution in [0.3, 0.4) is 0 Å². The highest BCUT2D eigenvalue weighted by Gasteiger charge is 2.22. The minimum absolute atomic E-state index is 0. The largest absolute Gasteiger partial charge is 0.477 e. The van der Waals surface area contributed by atoms with Crippen molar-refractivity contribution in [3.63, 3.8) is 0 Å². The fraction of sp³-hybridized carbons (Fsp3) is 0.632. The first kappa shape index (κ1) is 23.5. The number of nitrogens with one attached hydrogen (secondary N) is 3. The normalized spacial score (nSPS) is 14.1. The second-order valence-corrected chi connectivity index (χ2v) is 7.60. The molecule has 7 nitrogen and oxygen atoms in total. The highest BCUT2D eigenvalue weighted by atomic mass is 127. The molecule has 0 aliphatic heterocycles. The van der Waals surface area contributed by atoms with E-state index in [0.717, 1.165) is 18.7 Å². The molecule has 152 valence electrons. The van der Waals surface area contributed by atoms with Crippen molar-refractivity contribution in [3.8, 4) is 5.88 Å². The number of carbonyl (C=O) groups is 1. The van der Waals surface area contributed by atoms with Gasteiger partial charge in [0, 0.05) is 24.3 Å². The van der Waals surface area contributed by atoms with E-state index >= 15 is 0 Å². The van der Waals surface area contributed by atoms with Gasteiger partial charge >= 0.3 is 0 Å². The van der Waals surface area contributed by atoms with Crippen molar-refractivity contribution in [2.75, 3.05) is 19.7 Å². The van der Waals surface area contributed by atoms with Crippen LogP contribution < -0.4 is 20.7 Å². The van der Waals surface area contributed by atoms with Crippen molar-refractivity contribution in [2.45, 2.75) is 52.6 Å². The molecule has 2 rings (SSSR count). The summed E-state index contributed by atoms with van der Waals surface area (Å²) in [6.07, 6.45) is 4.25. The maximum atomic E-state index is 11.9. The lowest BCUT2D eigenvalue weighted by molar-refractivity contribution is -0.121. The Labute approximate surface area is 179 Å². The molecule has 1 saturated carbocycles. The van der Waals surface area contributed by atoms with Crippen molar-refractivity contribution < 1.29 is 9.53 Å². The second-order valence-electron chi connectivity index (χ2n) is 7.60. The van der Waals surface area contributed by atoms with E-state index in [-0.39, 0.29) is 42.0 Å². The van der Waals surface area contributed by atoms with Crippen LogP contribution in [-0.2, 0) is 11.3 Å². The number of aliphatic imine (C=N–C) groups is 1. The predicted octanol–water partition coefficient (Wildman–Crippen LogP) is 2.46. The van der Waals surface area contributed by atoms with Gasteiger partial charge in [-0.3, -0.25) is 4.79 Å². The zero-order valence-electron chi connectivity index (χ0n) is 16.7. The summed E-state index contributed by atoms with van der Waals surface area (Å²) in [6, 6.07) is 3.84. The minimum atomic E-state index is -0.248. The maximum Gasteiger partial charge on any atom is 0.239 e. The molecular formula is C19H32IN5O2. The van der Waals surface area contributed by atoms with Crippen LogP contribution in [0.4, 0.5) is 0 Å². The van der Waals surface area contributed by atoms with Crippen LogP contribution in [0.25, 0.3) is 0 Å². The Morgan fingerprint density at radius 3 is 2.70 bits per heavy atom. The highest BCUT2D eigenvalue weighted by Crippen LogP contribution is 2.29. The van der Waals surface area contributed by atoms with E-state index in [1.165, 1.54) is 12.8 Å². The third-order valence-electron chi connectivity index (χ3n) is 3.66. The molecule has 0 spiro atoms. The molecule has 0 unspecified atom stereocenters. The van der Waals surface area contributed by atoms with Crippen molar-refractivity contribution in [1.82, 2.24) is 20.9 Å². The fourth-order valence-corrected chi connectivity index (χ4v) is 2.25. The molecular weight excluding hydrogens is 457 g/mol. The minimum Gasteiger partial charge on any atom is -0.477 e. The van der Waals surface area contributed by atoms with E-state index in [1.807, 2.05) is 39.8 Å². The maximum absolute atomic E-state index is 11.9. The van der Waals surface area contributed by atoms with Crippen molar-refractivity contribution in [1.29, 1.82) is 0 Å². The van der Waals surface area contributed by atoms with E-state index in [0.29, 0.717) is 24.3 Å². The molecule has 1 aliphatic rings. The highest BCUT2D eigenvalue weighted by molar-refractivity contribution is 14.0. The van der Waals surface area contributed by atoms with E-state index in [1.54, 1.807) is 6.20 Å². The number of halogens is 1. The Morgan fingerprint density at radius 2 is 2.07 bits per heavy atom. The molecule has 3 N–H and O–H groups in total. The van der Waals surface area contributed by atoms with Crippen LogP contribution in [0, 0.1) is 5.92 Å². The Morgan fingerprint density at radius 1 is 1.33 bits per heavy atom. The SMILES string of the molecule is CCNC(=NCc1ccnc(OCC2CC2)c1)NCC(=O)NC(C)(C)C.I. The third-order valence-corrected chi connectivity index (χ3v) is 3.66. The van der Waals surface area contributed by atoms with Gasteiger partial charge in [0.15, 0.2) is 5.96 Å². The summed E-state index contributed by atoms with van der Waals surface area (Å²) in [5, 5.41) is 9.12. The van der Waals surface area contributed by atoms with Crippen LogP contribution in [0.15, 0.2) is 23.3 Å². The summed E-state index contributed by atoms with van der Waals surface area (Å²) in [7, 11) is 0. The summed E-state index contributed by atoms with van der Waals surface area (Å²) < 4.78 is 5.71. The molecule has 1 fully saturated rings. The monoisotopic (exact) mass is 489 g/mol. The lowest BCUT2D eigenvalue weighted by Gasteiger charge is -2.21. The van der Waals surface area contributed by atoms with E-state index in [2.05, 4.69) is 25.9 Å². The number of guanidine groups is 1. The van der Waals surface area contributed by atoms with E-state index in [4.69, 9.17) is 4.74 Å². The van der Waals surface area contributed by atoms with Gasteiger partial charge in [0.25, 0.3) is 0 Å². The Kier molecular flexibility index (Phi) is 9.82. The topological polar surface area (TPSA) is 87.6 Å². The van der Waals surface area contributed by atoms with Crippen LogP contribution in [-0.4, -0.2) is 42.1 Å². The first-order valence-corrected chi connectivity index (χ1v) is 9.26. The number of aromatic nitrogens is 1. The Balaban J connectivity index is 0.00000364. The van der Waals surface area contributed by atoms with Gasteiger partial charge < -0.3 is 20.7 Å². The quantitative estimate of drug-likeness (QED) is 0.297. The first-order valence-electron chi connectivity index (χ1n) is 9.26. The number of nitrogens with zero attached hydrogens (tertiary/aromatic N) is 2. The Hall–Kier alpha value is -1.58. The van der Waals surface area contributed by atoms with Crippen LogP contribution in [0.5, 0.6) is 5.88 Å². The summed E-state index contributed by atoms with van der Waals surface area (Å²) in [5.41, 5.74) is 0.768. The van der Waals surface area contributed by atoms with Crippen molar-refractivity contribution in [3.05, 3.63) is 23.9 Å². The summed E-state index contributed by atoms with van der Waals surface area (Å²) in [5.74, 6) is 1.88. The molecule has 1 heterocycles. The molecule has 27 heavy (non-hydrogen) atoms. The zero-order valence-corrected chi connectivity index (χ0v) is 19.0. The van der Waals surface area contributed by atoms with Gasteiger partial charge in [0.2, 0.25) is 11.8 Å². The number of amides is 1. The van der Waals surface area contributed by atoms with Crippen molar-refractivity contribution in [2.24, 2.45) is 10.9 Å². The zero-order chi connectivity index (χ0) is 19.0. The molecule has 1 amide bonds. The first-order chi connectivity index (χ1) is 12.4. The number of ether oxygens (including phenoxy) is 1. The second kappa shape index (κ2) is 11.3. The third kappa shape index (κ3) is 10.4. The number of hydrogen-bond donors (Lipinski definition) is 3. The Bertz CT molecular complexity index is 627. The average Bonchev–Trinajstić information content (AvgIpc) is 3.39. The van der Waals surface area contributed by atoms with Crippen LogP contribution in [0.2, 0.25) is 0 Å². The van der Waals surface area contributed by atoms with Gasteiger partial charge in [0.1, 0.15) is 0 Å². The van der Waals surface area contributed by atoms with Crippen LogP contribution in [0.1, 0.15) is 46.1 Å². The summed E-state index contributed by atoms with van der Waals surface area (Å²) in [4.78, 5) is 20.7. The molecule has 8 heteroatoms. The standard InChI is InChI=1S/C19H31N5O2.HI/c1-5-20-18(23-12-16(25)24-19(2,3)4)22-11-15-8-9-21-17(10-15)26-13-14-6-7-14;/h8-10,14H,5-7,11-13H2,1-4H3,(H,24,25)(H2,20,22,23);1H. The van der Waals surface area contributed by atoms with E-state index in [9.17, 15) is 4.79 Å². The summed E-state index contributed by atoms with van der Waals surface area (Å²) in [6.45, 7) is 9.98. The lowest BCUT2D eigenvalue weighted by Crippen LogP contribution is -2.48. The summed E-state index contributed by atoms with van der Waals surface area (Å²) >= 11 is 0. The van der Waals surface area contributed by atoms with Gasteiger partial charge in [-0.15, -0.1) is 24.0 Å². The molecule has 1 aromatic rings. The molecule has 1 aromatic heterocycles. The molecule has 1 aliphatic carbocycles. The molecule has 0 bridgehead atoms. The molecule has 0 aromatic carbocycles. The van der Waals surface area contributed by atoms with Crippen LogP contribution >= 0.6 is 24.0 Å². The number of pyridine rings is 1. The molecule has 0 radical (unpaired) electrons. The molecule has 0 atom stereocenters. The average molecular weight is 489 g/mol. The fourth-order valence-electron chi connectivity index (χ4n) is 2.25. The predicted molar refractivity (Wildman–Crippen MR) is 119 cm³/mol. The van der Waals surface area contributed by atoms with Gasteiger partial charge in [-0.05, 0) is 58.1 Å². The van der Waals surface area contributed by atoms with Gasteiger partial charge in [-0.2, -0.15) is 0 Å². The number of carbonyl (C=O) groups excluding carboxylic acids is 1. The van der Waals surface area contributed by atoms with E-state index < -0.39 is 0 Å². The number of hydrogen-bond acceptors (Lipinski definition) is 4.